The van der Waals surface area contributed by atoms with Crippen LogP contribution in [-0.4, -0.2) is 8.42 Å². The van der Waals surface area contributed by atoms with Crippen molar-refractivity contribution in [2.45, 2.75) is 18.7 Å². The van der Waals surface area contributed by atoms with Gasteiger partial charge in [-0.1, -0.05) is 23.7 Å². The average molecular weight is 311 g/mol. The first-order valence-corrected chi connectivity index (χ1v) is 7.81. The maximum absolute atomic E-state index is 12.4. The van der Waals surface area contributed by atoms with E-state index in [0.29, 0.717) is 22.0 Å². The molecule has 0 saturated heterocycles. The highest BCUT2D eigenvalue weighted by Crippen LogP contribution is 2.25. The fourth-order valence-electron chi connectivity index (χ4n) is 1.81. The molecule has 0 fully saturated rings. The molecule has 2 aromatic rings. The lowest BCUT2D eigenvalue weighted by Crippen LogP contribution is -2.15. The van der Waals surface area contributed by atoms with Crippen LogP contribution >= 0.6 is 11.6 Å². The third kappa shape index (κ3) is 3.05. The van der Waals surface area contributed by atoms with Crippen molar-refractivity contribution in [3.63, 3.8) is 0 Å². The highest BCUT2D eigenvalue weighted by Gasteiger charge is 2.18. The minimum absolute atomic E-state index is 0.164. The molecule has 0 spiro atoms. The molecule has 0 atom stereocenters. The van der Waals surface area contributed by atoms with Crippen LogP contribution in [0.25, 0.3) is 0 Å². The van der Waals surface area contributed by atoms with Gasteiger partial charge in [-0.15, -0.1) is 0 Å². The molecule has 0 aliphatic carbocycles. The first kappa shape index (κ1) is 14.7. The molecule has 0 amide bonds. The van der Waals surface area contributed by atoms with Gasteiger partial charge in [0.2, 0.25) is 0 Å². The Bertz CT molecular complexity index is 758. The van der Waals surface area contributed by atoms with E-state index in [9.17, 15) is 8.42 Å². The standard InChI is InChI=1S/C14H15ClN2O2S/c1-9-3-5-11(15)7-13(9)17-20(18,19)14-8-12(16)6-4-10(14)2/h3-8,17H,16H2,1-2H3. The summed E-state index contributed by atoms with van der Waals surface area (Å²) in [6.07, 6.45) is 0. The van der Waals surface area contributed by atoms with E-state index in [1.807, 2.05) is 0 Å². The van der Waals surface area contributed by atoms with Gasteiger partial charge in [-0.05, 0) is 49.2 Å². The lowest BCUT2D eigenvalue weighted by Gasteiger charge is -2.13. The van der Waals surface area contributed by atoms with Crippen molar-refractivity contribution in [2.75, 3.05) is 10.5 Å². The van der Waals surface area contributed by atoms with Gasteiger partial charge >= 0.3 is 0 Å². The lowest BCUT2D eigenvalue weighted by atomic mass is 10.2. The van der Waals surface area contributed by atoms with Crippen molar-refractivity contribution in [3.8, 4) is 0 Å². The molecular formula is C14H15ClN2O2S. The van der Waals surface area contributed by atoms with Crippen LogP contribution in [0.3, 0.4) is 0 Å². The van der Waals surface area contributed by atoms with Gasteiger partial charge in [0.1, 0.15) is 0 Å². The molecule has 0 heterocycles. The molecule has 4 nitrogen and oxygen atoms in total. The number of aryl methyl sites for hydroxylation is 2. The zero-order valence-electron chi connectivity index (χ0n) is 11.1. The Balaban J connectivity index is 2.46. The fraction of sp³-hybridized carbons (Fsp3) is 0.143. The Hall–Kier alpha value is -1.72. The van der Waals surface area contributed by atoms with E-state index in [1.165, 1.54) is 6.07 Å². The minimum Gasteiger partial charge on any atom is -0.399 e. The topological polar surface area (TPSA) is 72.2 Å². The molecule has 2 rings (SSSR count). The number of anilines is 2. The predicted molar refractivity (Wildman–Crippen MR) is 82.6 cm³/mol. The summed E-state index contributed by atoms with van der Waals surface area (Å²) in [6.45, 7) is 3.53. The summed E-state index contributed by atoms with van der Waals surface area (Å²) in [5, 5.41) is 0.470. The summed E-state index contributed by atoms with van der Waals surface area (Å²) in [6, 6.07) is 9.83. The van der Waals surface area contributed by atoms with Crippen LogP contribution in [0.15, 0.2) is 41.3 Å². The molecule has 3 N–H and O–H groups in total. The smallest absolute Gasteiger partial charge is 0.262 e. The summed E-state index contributed by atoms with van der Waals surface area (Å²) in [4.78, 5) is 0.164. The molecule has 0 radical (unpaired) electrons. The maximum atomic E-state index is 12.4. The fourth-order valence-corrected chi connectivity index (χ4v) is 3.38. The summed E-state index contributed by atoms with van der Waals surface area (Å²) < 4.78 is 27.4. The summed E-state index contributed by atoms with van der Waals surface area (Å²) in [5.74, 6) is 0. The molecular weight excluding hydrogens is 296 g/mol. The number of sulfonamides is 1. The van der Waals surface area contributed by atoms with Crippen LogP contribution in [0.2, 0.25) is 5.02 Å². The minimum atomic E-state index is -3.69. The van der Waals surface area contributed by atoms with Gasteiger partial charge in [0.05, 0.1) is 10.6 Å². The second-order valence-electron chi connectivity index (χ2n) is 4.59. The van der Waals surface area contributed by atoms with Crippen LogP contribution in [0.1, 0.15) is 11.1 Å². The molecule has 0 aromatic heterocycles. The maximum Gasteiger partial charge on any atom is 0.262 e. The highest BCUT2D eigenvalue weighted by atomic mass is 35.5. The zero-order chi connectivity index (χ0) is 14.9. The summed E-state index contributed by atoms with van der Waals surface area (Å²) in [7, 11) is -3.69. The first-order valence-electron chi connectivity index (χ1n) is 5.95. The largest absolute Gasteiger partial charge is 0.399 e. The van der Waals surface area contributed by atoms with Crippen molar-refractivity contribution in [1.82, 2.24) is 0 Å². The Morgan fingerprint density at radius 3 is 2.40 bits per heavy atom. The number of hydrogen-bond donors (Lipinski definition) is 2. The monoisotopic (exact) mass is 310 g/mol. The van der Waals surface area contributed by atoms with Crippen LogP contribution in [-0.2, 0) is 10.0 Å². The van der Waals surface area contributed by atoms with Crippen LogP contribution in [0, 0.1) is 13.8 Å². The number of nitrogen functional groups attached to an aromatic ring is 1. The van der Waals surface area contributed by atoms with E-state index < -0.39 is 10.0 Å². The lowest BCUT2D eigenvalue weighted by molar-refractivity contribution is 0.600. The second-order valence-corrected chi connectivity index (χ2v) is 6.68. The van der Waals surface area contributed by atoms with E-state index in [4.69, 9.17) is 17.3 Å². The predicted octanol–water partition coefficient (Wildman–Crippen LogP) is 3.34. The number of hydrogen-bond acceptors (Lipinski definition) is 3. The zero-order valence-corrected chi connectivity index (χ0v) is 12.7. The molecule has 2 aromatic carbocycles. The number of halogens is 1. The van der Waals surface area contributed by atoms with Gasteiger partial charge < -0.3 is 5.73 Å². The number of nitrogens with two attached hydrogens (primary N) is 1. The van der Waals surface area contributed by atoms with E-state index in [0.717, 1.165) is 5.56 Å². The van der Waals surface area contributed by atoms with Crippen molar-refractivity contribution in [1.29, 1.82) is 0 Å². The average Bonchev–Trinajstić information content (AvgIpc) is 2.36. The Morgan fingerprint density at radius 2 is 1.70 bits per heavy atom. The van der Waals surface area contributed by atoms with Crippen molar-refractivity contribution in [3.05, 3.63) is 52.5 Å². The molecule has 0 unspecified atom stereocenters. The Kier molecular flexibility index (Phi) is 3.92. The third-order valence-electron chi connectivity index (χ3n) is 2.95. The molecule has 0 aliphatic rings. The SMILES string of the molecule is Cc1ccc(Cl)cc1NS(=O)(=O)c1cc(N)ccc1C. The van der Waals surface area contributed by atoms with Crippen molar-refractivity contribution in [2.24, 2.45) is 0 Å². The van der Waals surface area contributed by atoms with Gasteiger partial charge in [0.25, 0.3) is 10.0 Å². The quantitative estimate of drug-likeness (QED) is 0.854. The van der Waals surface area contributed by atoms with Gasteiger partial charge in [-0.3, -0.25) is 4.72 Å². The molecule has 0 saturated carbocycles. The van der Waals surface area contributed by atoms with E-state index in [1.54, 1.807) is 44.2 Å². The van der Waals surface area contributed by atoms with Crippen LogP contribution in [0.4, 0.5) is 11.4 Å². The van der Waals surface area contributed by atoms with Crippen LogP contribution in [0.5, 0.6) is 0 Å². The molecule has 106 valence electrons. The van der Waals surface area contributed by atoms with Crippen LogP contribution < -0.4 is 10.5 Å². The van der Waals surface area contributed by atoms with Crippen molar-refractivity contribution < 1.29 is 8.42 Å². The van der Waals surface area contributed by atoms with Gasteiger partial charge in [0.15, 0.2) is 0 Å². The third-order valence-corrected chi connectivity index (χ3v) is 4.69. The summed E-state index contributed by atoms with van der Waals surface area (Å²) >= 11 is 5.89. The normalized spacial score (nSPS) is 11.3. The molecule has 0 aliphatic heterocycles. The van der Waals surface area contributed by atoms with E-state index >= 15 is 0 Å². The summed E-state index contributed by atoms with van der Waals surface area (Å²) in [5.41, 5.74) is 7.94. The highest BCUT2D eigenvalue weighted by molar-refractivity contribution is 7.92. The molecule has 20 heavy (non-hydrogen) atoms. The van der Waals surface area contributed by atoms with Gasteiger partial charge in [0, 0.05) is 10.7 Å². The first-order chi connectivity index (χ1) is 9.29. The number of rotatable bonds is 3. The van der Waals surface area contributed by atoms with E-state index in [2.05, 4.69) is 4.72 Å². The second kappa shape index (κ2) is 5.34. The van der Waals surface area contributed by atoms with Gasteiger partial charge in [-0.2, -0.15) is 0 Å². The Morgan fingerprint density at radius 1 is 1.05 bits per heavy atom. The Labute approximate surface area is 123 Å². The van der Waals surface area contributed by atoms with Crippen molar-refractivity contribution >= 4 is 33.0 Å². The molecule has 0 bridgehead atoms. The van der Waals surface area contributed by atoms with Gasteiger partial charge in [-0.25, -0.2) is 8.42 Å². The number of benzene rings is 2. The van der Waals surface area contributed by atoms with E-state index in [-0.39, 0.29) is 4.90 Å². The number of nitrogens with one attached hydrogen (secondary N) is 1. The molecule has 6 heteroatoms.